The zero-order chi connectivity index (χ0) is 14.2. The van der Waals surface area contributed by atoms with Gasteiger partial charge >= 0.3 is 0 Å². The molecule has 7 heteroatoms. The zero-order valence-corrected chi connectivity index (χ0v) is 12.5. The van der Waals surface area contributed by atoms with Crippen molar-refractivity contribution in [2.75, 3.05) is 0 Å². The molecule has 0 aromatic carbocycles. The Balaban J connectivity index is 2.50. The van der Waals surface area contributed by atoms with Crippen LogP contribution in [0.1, 0.15) is 37.0 Å². The van der Waals surface area contributed by atoms with Crippen molar-refractivity contribution in [3.63, 3.8) is 0 Å². The molecule has 0 aliphatic carbocycles. The summed E-state index contributed by atoms with van der Waals surface area (Å²) in [6.45, 7) is 6.07. The summed E-state index contributed by atoms with van der Waals surface area (Å²) in [7, 11) is 0. The number of primary amides is 1. The van der Waals surface area contributed by atoms with Crippen LogP contribution in [0.4, 0.5) is 0 Å². The Kier molecular flexibility index (Phi) is 3.40. The number of nitrogens with two attached hydrogens (primary N) is 1. The first-order chi connectivity index (χ1) is 8.77. The molecule has 0 saturated carbocycles. The fourth-order valence-corrected chi connectivity index (χ4v) is 1.81. The maximum atomic E-state index is 11.1. The van der Waals surface area contributed by atoms with Crippen LogP contribution >= 0.6 is 15.9 Å². The molecule has 0 fully saturated rings. The molecular weight excluding hydrogens is 310 g/mol. The van der Waals surface area contributed by atoms with Crippen LogP contribution in [-0.2, 0) is 5.41 Å². The predicted molar refractivity (Wildman–Crippen MR) is 74.1 cm³/mol. The van der Waals surface area contributed by atoms with Crippen LogP contribution < -0.4 is 5.73 Å². The van der Waals surface area contributed by atoms with E-state index in [2.05, 4.69) is 31.0 Å². The zero-order valence-electron chi connectivity index (χ0n) is 10.9. The SMILES string of the molecule is CC(C)(C)c1nc(Br)cc(-n2cc(C(N)=O)cn2)n1. The topological polar surface area (TPSA) is 86.7 Å². The molecule has 0 spiro atoms. The van der Waals surface area contributed by atoms with Crippen LogP contribution in [0.15, 0.2) is 23.1 Å². The molecule has 0 bridgehead atoms. The summed E-state index contributed by atoms with van der Waals surface area (Å²) in [5.41, 5.74) is 5.36. The third-order valence-corrected chi connectivity index (χ3v) is 2.86. The van der Waals surface area contributed by atoms with Gasteiger partial charge < -0.3 is 5.73 Å². The van der Waals surface area contributed by atoms with Crippen LogP contribution in [0.25, 0.3) is 5.82 Å². The highest BCUT2D eigenvalue weighted by Crippen LogP contribution is 2.22. The van der Waals surface area contributed by atoms with E-state index < -0.39 is 5.91 Å². The highest BCUT2D eigenvalue weighted by atomic mass is 79.9. The molecule has 100 valence electrons. The van der Waals surface area contributed by atoms with Gasteiger partial charge in [0.15, 0.2) is 5.82 Å². The van der Waals surface area contributed by atoms with E-state index in [4.69, 9.17) is 5.73 Å². The number of carbonyl (C=O) groups is 1. The number of carbonyl (C=O) groups excluding carboxylic acids is 1. The normalized spacial score (nSPS) is 11.6. The fourth-order valence-electron chi connectivity index (χ4n) is 1.43. The third-order valence-electron chi connectivity index (χ3n) is 2.45. The lowest BCUT2D eigenvalue weighted by Gasteiger charge is -2.17. The molecule has 0 atom stereocenters. The van der Waals surface area contributed by atoms with Gasteiger partial charge in [-0.2, -0.15) is 5.10 Å². The van der Waals surface area contributed by atoms with Crippen LogP contribution in [0, 0.1) is 0 Å². The average molecular weight is 324 g/mol. The Hall–Kier alpha value is -1.76. The third kappa shape index (κ3) is 2.98. The molecule has 2 aromatic heterocycles. The number of hydrogen-bond donors (Lipinski definition) is 1. The van der Waals surface area contributed by atoms with E-state index >= 15 is 0 Å². The Bertz CT molecular complexity index is 629. The van der Waals surface area contributed by atoms with Gasteiger partial charge in [-0.25, -0.2) is 14.6 Å². The van der Waals surface area contributed by atoms with E-state index in [-0.39, 0.29) is 5.41 Å². The van der Waals surface area contributed by atoms with Gasteiger partial charge in [-0.15, -0.1) is 0 Å². The van der Waals surface area contributed by atoms with Gasteiger partial charge in [0, 0.05) is 17.7 Å². The van der Waals surface area contributed by atoms with E-state index in [9.17, 15) is 4.79 Å². The number of halogens is 1. The Morgan fingerprint density at radius 3 is 2.58 bits per heavy atom. The monoisotopic (exact) mass is 323 g/mol. The van der Waals surface area contributed by atoms with E-state index in [0.717, 1.165) is 0 Å². The molecule has 0 unspecified atom stereocenters. The number of hydrogen-bond acceptors (Lipinski definition) is 4. The summed E-state index contributed by atoms with van der Waals surface area (Å²) in [6, 6.07) is 1.73. The number of nitrogens with zero attached hydrogens (tertiary/aromatic N) is 4. The summed E-state index contributed by atoms with van der Waals surface area (Å²) >= 11 is 3.35. The van der Waals surface area contributed by atoms with Crippen LogP contribution in [0.3, 0.4) is 0 Å². The lowest BCUT2D eigenvalue weighted by molar-refractivity contribution is 0.100. The van der Waals surface area contributed by atoms with E-state index in [1.807, 2.05) is 20.8 Å². The smallest absolute Gasteiger partial charge is 0.251 e. The van der Waals surface area contributed by atoms with Crippen LogP contribution in [0.2, 0.25) is 0 Å². The first kappa shape index (κ1) is 13.7. The van der Waals surface area contributed by atoms with Crippen LogP contribution in [-0.4, -0.2) is 25.7 Å². The van der Waals surface area contributed by atoms with E-state index in [0.29, 0.717) is 21.8 Å². The van der Waals surface area contributed by atoms with E-state index in [1.54, 1.807) is 12.3 Å². The van der Waals surface area contributed by atoms with Crippen molar-refractivity contribution >= 4 is 21.8 Å². The van der Waals surface area contributed by atoms with Crippen molar-refractivity contribution in [3.8, 4) is 5.82 Å². The molecular formula is C12H14BrN5O. The van der Waals surface area contributed by atoms with Gasteiger partial charge in [0.2, 0.25) is 0 Å². The Morgan fingerprint density at radius 1 is 1.37 bits per heavy atom. The Morgan fingerprint density at radius 2 is 2.05 bits per heavy atom. The lowest BCUT2D eigenvalue weighted by Crippen LogP contribution is -2.17. The molecule has 0 radical (unpaired) electrons. The number of amides is 1. The maximum Gasteiger partial charge on any atom is 0.251 e. The lowest BCUT2D eigenvalue weighted by atomic mass is 9.96. The van der Waals surface area contributed by atoms with Gasteiger partial charge in [0.1, 0.15) is 10.4 Å². The molecule has 0 aliphatic heterocycles. The highest BCUT2D eigenvalue weighted by Gasteiger charge is 2.19. The minimum absolute atomic E-state index is 0.182. The van der Waals surface area contributed by atoms with Crippen LogP contribution in [0.5, 0.6) is 0 Å². The number of aromatic nitrogens is 4. The molecule has 2 N–H and O–H groups in total. The van der Waals surface area contributed by atoms with Crippen molar-refractivity contribution in [1.82, 2.24) is 19.7 Å². The Labute approximate surface area is 119 Å². The standard InChI is InChI=1S/C12H14BrN5O/c1-12(2,3)11-16-8(13)4-9(17-11)18-6-7(5-15-18)10(14)19/h4-6H,1-3H3,(H2,14,19). The molecule has 2 heterocycles. The predicted octanol–water partition coefficient (Wildman–Crippen LogP) is 1.82. The highest BCUT2D eigenvalue weighted by molar-refractivity contribution is 9.10. The second-order valence-electron chi connectivity index (χ2n) is 5.16. The maximum absolute atomic E-state index is 11.1. The minimum Gasteiger partial charge on any atom is -0.366 e. The van der Waals surface area contributed by atoms with Gasteiger partial charge in [0.05, 0.1) is 11.8 Å². The first-order valence-electron chi connectivity index (χ1n) is 5.67. The molecule has 6 nitrogen and oxygen atoms in total. The largest absolute Gasteiger partial charge is 0.366 e. The van der Waals surface area contributed by atoms with Gasteiger partial charge in [-0.1, -0.05) is 20.8 Å². The van der Waals surface area contributed by atoms with Crippen molar-refractivity contribution in [1.29, 1.82) is 0 Å². The summed E-state index contributed by atoms with van der Waals surface area (Å²) in [5.74, 6) is 0.753. The summed E-state index contributed by atoms with van der Waals surface area (Å²) in [6.07, 6.45) is 2.96. The van der Waals surface area contributed by atoms with Gasteiger partial charge in [0.25, 0.3) is 5.91 Å². The summed E-state index contributed by atoms with van der Waals surface area (Å²) in [5, 5.41) is 4.08. The molecule has 1 amide bonds. The fraction of sp³-hybridized carbons (Fsp3) is 0.333. The van der Waals surface area contributed by atoms with Gasteiger partial charge in [-0.05, 0) is 15.9 Å². The minimum atomic E-state index is -0.518. The molecule has 19 heavy (non-hydrogen) atoms. The van der Waals surface area contributed by atoms with E-state index in [1.165, 1.54) is 10.9 Å². The molecule has 2 aromatic rings. The quantitative estimate of drug-likeness (QED) is 0.854. The molecule has 2 rings (SSSR count). The van der Waals surface area contributed by atoms with Crippen molar-refractivity contribution in [3.05, 3.63) is 34.5 Å². The van der Waals surface area contributed by atoms with Gasteiger partial charge in [-0.3, -0.25) is 4.79 Å². The first-order valence-corrected chi connectivity index (χ1v) is 6.46. The summed E-state index contributed by atoms with van der Waals surface area (Å²) in [4.78, 5) is 19.9. The molecule has 0 saturated heterocycles. The second-order valence-corrected chi connectivity index (χ2v) is 5.97. The summed E-state index contributed by atoms with van der Waals surface area (Å²) < 4.78 is 2.17. The van der Waals surface area contributed by atoms with Crippen molar-refractivity contribution in [2.24, 2.45) is 5.73 Å². The average Bonchev–Trinajstić information content (AvgIpc) is 2.76. The van der Waals surface area contributed by atoms with Crippen molar-refractivity contribution in [2.45, 2.75) is 26.2 Å². The number of rotatable bonds is 2. The second kappa shape index (κ2) is 4.73. The molecule has 0 aliphatic rings. The van der Waals surface area contributed by atoms with Crippen molar-refractivity contribution < 1.29 is 4.79 Å².